The van der Waals surface area contributed by atoms with Crippen LogP contribution in [-0.2, 0) is 18.0 Å². The van der Waals surface area contributed by atoms with Gasteiger partial charge in [0, 0.05) is 4.90 Å². The van der Waals surface area contributed by atoms with Crippen LogP contribution in [0.3, 0.4) is 0 Å². The zero-order chi connectivity index (χ0) is 30.2. The smallest absolute Gasteiger partial charge is 0.192 e. The fourth-order valence-corrected chi connectivity index (χ4v) is 8.44. The highest BCUT2D eigenvalue weighted by Gasteiger charge is 2.54. The summed E-state index contributed by atoms with van der Waals surface area (Å²) in [6.07, 6.45) is -2.28. The first-order valence-corrected chi connectivity index (χ1v) is 24.0. The van der Waals surface area contributed by atoms with Crippen molar-refractivity contribution in [1.82, 2.24) is 0 Å². The summed E-state index contributed by atoms with van der Waals surface area (Å²) in [7, 11) is -6.53. The van der Waals surface area contributed by atoms with Crippen molar-refractivity contribution in [2.24, 2.45) is 0 Å². The van der Waals surface area contributed by atoms with Gasteiger partial charge in [-0.1, -0.05) is 92.3 Å². The highest BCUT2D eigenvalue weighted by Crippen LogP contribution is 2.45. The van der Waals surface area contributed by atoms with Crippen molar-refractivity contribution >= 4 is 36.7 Å². The summed E-state index contributed by atoms with van der Waals surface area (Å²) in [5, 5.41) is 12.2. The second-order valence-electron chi connectivity index (χ2n) is 15.7. The molecule has 1 aromatic rings. The topological polar surface area (TPSA) is 57.2 Å². The molecule has 1 saturated heterocycles. The van der Waals surface area contributed by atoms with Crippen molar-refractivity contribution in [2.45, 2.75) is 151 Å². The van der Waals surface area contributed by atoms with Gasteiger partial charge in [-0.15, -0.1) is 0 Å². The SMILES string of the molecule is CC(C)(C)[Si](C)(C)OC[C@H]1O[C@@H](Sc2ccccc2)[C@H](O[Si](C)(C)C(C)(C)C)[C@@H](O)[C@@H]1O[Si](C)(C)C(C)(C)C. The first-order valence-electron chi connectivity index (χ1n) is 14.4. The number of rotatable bonds is 9. The van der Waals surface area contributed by atoms with Crippen molar-refractivity contribution in [3.8, 4) is 0 Å². The van der Waals surface area contributed by atoms with Crippen molar-refractivity contribution in [1.29, 1.82) is 0 Å². The van der Waals surface area contributed by atoms with E-state index in [2.05, 4.69) is 114 Å². The molecule has 39 heavy (non-hydrogen) atoms. The molecule has 5 nitrogen and oxygen atoms in total. The maximum absolute atomic E-state index is 12.2. The molecule has 5 atom stereocenters. The van der Waals surface area contributed by atoms with Gasteiger partial charge in [-0.3, -0.25) is 0 Å². The quantitative estimate of drug-likeness (QED) is 0.281. The fraction of sp³-hybridized carbons (Fsp3) is 0.800. The molecule has 0 bridgehead atoms. The van der Waals surface area contributed by atoms with Gasteiger partial charge in [-0.05, 0) is 66.5 Å². The van der Waals surface area contributed by atoms with Crippen LogP contribution < -0.4 is 0 Å². The molecule has 1 heterocycles. The van der Waals surface area contributed by atoms with E-state index in [1.54, 1.807) is 11.8 Å². The molecule has 0 amide bonds. The number of ether oxygens (including phenoxy) is 1. The highest BCUT2D eigenvalue weighted by molar-refractivity contribution is 7.99. The number of aliphatic hydroxyl groups is 1. The minimum Gasteiger partial charge on any atom is -0.414 e. The summed E-state index contributed by atoms with van der Waals surface area (Å²) in [6.45, 7) is 34.0. The standard InChI is InChI=1S/C30H58O5SSi3/c1-28(2,3)37(10,11)32-21-23-25(34-38(12,13)29(4,5)6)24(31)26(35-39(14,15)30(7,8)9)27(33-23)36-22-19-17-16-18-20-22/h16-20,23-27,31H,21H2,1-15H3/t23-,24+,25-,26-,27+/m1/s1. The predicted octanol–water partition coefficient (Wildman–Crippen LogP) is 8.67. The van der Waals surface area contributed by atoms with Crippen LogP contribution in [0.4, 0.5) is 0 Å². The molecular weight excluding hydrogens is 557 g/mol. The van der Waals surface area contributed by atoms with Crippen molar-refractivity contribution in [3.05, 3.63) is 30.3 Å². The number of aliphatic hydroxyl groups excluding tert-OH is 1. The summed E-state index contributed by atoms with van der Waals surface area (Å²) >= 11 is 1.62. The van der Waals surface area contributed by atoms with E-state index in [0.717, 1.165) is 4.90 Å². The van der Waals surface area contributed by atoms with E-state index < -0.39 is 49.4 Å². The molecule has 0 aliphatic carbocycles. The third-order valence-electron chi connectivity index (χ3n) is 9.50. The Kier molecular flexibility index (Phi) is 11.1. The van der Waals surface area contributed by atoms with Crippen LogP contribution in [0.25, 0.3) is 0 Å². The van der Waals surface area contributed by atoms with Crippen LogP contribution in [0.15, 0.2) is 35.2 Å². The molecule has 2 rings (SSSR count). The number of benzene rings is 1. The second kappa shape index (κ2) is 12.3. The summed E-state index contributed by atoms with van der Waals surface area (Å²) < 4.78 is 27.5. The number of hydrogen-bond donors (Lipinski definition) is 1. The molecule has 0 unspecified atom stereocenters. The van der Waals surface area contributed by atoms with E-state index >= 15 is 0 Å². The molecule has 9 heteroatoms. The lowest BCUT2D eigenvalue weighted by molar-refractivity contribution is -0.196. The largest absolute Gasteiger partial charge is 0.414 e. The molecule has 0 saturated carbocycles. The Morgan fingerprint density at radius 3 is 1.59 bits per heavy atom. The minimum atomic E-state index is -2.24. The van der Waals surface area contributed by atoms with Gasteiger partial charge < -0.3 is 23.1 Å². The van der Waals surface area contributed by atoms with Gasteiger partial charge in [-0.25, -0.2) is 0 Å². The van der Waals surface area contributed by atoms with E-state index in [1.807, 2.05) is 18.2 Å². The van der Waals surface area contributed by atoms with Gasteiger partial charge in [0.25, 0.3) is 0 Å². The van der Waals surface area contributed by atoms with Crippen LogP contribution in [0.1, 0.15) is 62.3 Å². The minimum absolute atomic E-state index is 0.00718. The highest BCUT2D eigenvalue weighted by atomic mass is 32.2. The van der Waals surface area contributed by atoms with Crippen LogP contribution in [0.2, 0.25) is 54.4 Å². The third kappa shape index (κ3) is 8.77. The van der Waals surface area contributed by atoms with Gasteiger partial charge in [0.15, 0.2) is 25.0 Å². The normalized spacial score (nSPS) is 26.1. The molecule has 226 valence electrons. The molecule has 0 aromatic heterocycles. The van der Waals surface area contributed by atoms with E-state index in [0.29, 0.717) is 6.61 Å². The van der Waals surface area contributed by atoms with Crippen LogP contribution in [-0.4, -0.2) is 66.5 Å². The predicted molar refractivity (Wildman–Crippen MR) is 174 cm³/mol. The van der Waals surface area contributed by atoms with E-state index in [9.17, 15) is 5.11 Å². The summed E-state index contributed by atoms with van der Waals surface area (Å²) in [6, 6.07) is 10.3. The zero-order valence-electron chi connectivity index (χ0n) is 27.5. The average Bonchev–Trinajstić information content (AvgIpc) is 2.75. The van der Waals surface area contributed by atoms with Crippen LogP contribution in [0.5, 0.6) is 0 Å². The van der Waals surface area contributed by atoms with Crippen molar-refractivity contribution in [2.75, 3.05) is 6.61 Å². The molecule has 1 aromatic carbocycles. The summed E-state index contributed by atoms with van der Waals surface area (Å²) in [5.41, 5.74) is -0.385. The number of hydrogen-bond acceptors (Lipinski definition) is 6. The molecule has 1 aliphatic rings. The monoisotopic (exact) mass is 614 g/mol. The maximum atomic E-state index is 12.2. The Morgan fingerprint density at radius 2 is 1.15 bits per heavy atom. The van der Waals surface area contributed by atoms with E-state index in [1.165, 1.54) is 0 Å². The first-order chi connectivity index (χ1) is 17.4. The Morgan fingerprint density at radius 1 is 0.718 bits per heavy atom. The lowest BCUT2D eigenvalue weighted by Gasteiger charge is -2.51. The van der Waals surface area contributed by atoms with Crippen LogP contribution in [0, 0.1) is 0 Å². The number of thioether (sulfide) groups is 1. The molecular formula is C30H58O5SSi3. The second-order valence-corrected chi connectivity index (χ2v) is 31.2. The van der Waals surface area contributed by atoms with Gasteiger partial charge in [0.1, 0.15) is 29.9 Å². The Hall–Kier alpha value is 0.0206. The van der Waals surface area contributed by atoms with Crippen molar-refractivity contribution < 1.29 is 23.1 Å². The van der Waals surface area contributed by atoms with Gasteiger partial charge in [0.05, 0.1) is 6.61 Å². The van der Waals surface area contributed by atoms with E-state index in [4.69, 9.17) is 18.0 Å². The third-order valence-corrected chi connectivity index (χ3v) is 24.1. The van der Waals surface area contributed by atoms with Gasteiger partial charge in [0.2, 0.25) is 0 Å². The summed E-state index contributed by atoms with van der Waals surface area (Å²) in [4.78, 5) is 1.09. The Bertz CT molecular complexity index is 917. The average molecular weight is 615 g/mol. The van der Waals surface area contributed by atoms with Crippen LogP contribution >= 0.6 is 11.8 Å². The lowest BCUT2D eigenvalue weighted by Crippen LogP contribution is -2.65. The first kappa shape index (κ1) is 35.2. The Balaban J connectivity index is 2.53. The molecule has 0 radical (unpaired) electrons. The van der Waals surface area contributed by atoms with E-state index in [-0.39, 0.29) is 20.6 Å². The zero-order valence-corrected chi connectivity index (χ0v) is 31.3. The van der Waals surface area contributed by atoms with Crippen molar-refractivity contribution in [3.63, 3.8) is 0 Å². The fourth-order valence-electron chi connectivity index (χ4n) is 3.57. The maximum Gasteiger partial charge on any atom is 0.192 e. The Labute approximate surface area is 247 Å². The molecule has 0 spiro atoms. The van der Waals surface area contributed by atoms with Gasteiger partial charge in [-0.2, -0.15) is 0 Å². The lowest BCUT2D eigenvalue weighted by atomic mass is 10.0. The van der Waals surface area contributed by atoms with Gasteiger partial charge >= 0.3 is 0 Å². The summed E-state index contributed by atoms with van der Waals surface area (Å²) in [5.74, 6) is 0. The molecule has 1 N–H and O–H groups in total. The molecule has 1 fully saturated rings. The molecule has 1 aliphatic heterocycles.